The summed E-state index contributed by atoms with van der Waals surface area (Å²) in [5.41, 5.74) is 3.03. The molecule has 1 atom stereocenters. The molecular formula is C18H25NO. The predicted octanol–water partition coefficient (Wildman–Crippen LogP) is 3.54. The second kappa shape index (κ2) is 4.85. The minimum Gasteiger partial charge on any atom is -0.361 e. The summed E-state index contributed by atoms with van der Waals surface area (Å²) >= 11 is 0. The van der Waals surface area contributed by atoms with Crippen LogP contribution in [0.5, 0.6) is 0 Å². The molecule has 108 valence electrons. The summed E-state index contributed by atoms with van der Waals surface area (Å²) in [6.45, 7) is 2.04. The Morgan fingerprint density at radius 3 is 2.65 bits per heavy atom. The Kier molecular flexibility index (Phi) is 3.12. The number of morpholine rings is 1. The highest BCUT2D eigenvalue weighted by molar-refractivity contribution is 5.36. The van der Waals surface area contributed by atoms with E-state index < -0.39 is 0 Å². The maximum atomic E-state index is 6.91. The number of benzene rings is 1. The van der Waals surface area contributed by atoms with Crippen LogP contribution in [0.4, 0.5) is 0 Å². The first kappa shape index (κ1) is 12.8. The van der Waals surface area contributed by atoms with Gasteiger partial charge in [0.05, 0.1) is 5.60 Å². The third kappa shape index (κ3) is 2.01. The van der Waals surface area contributed by atoms with Gasteiger partial charge in [0.1, 0.15) is 5.60 Å². The molecule has 2 nitrogen and oxygen atoms in total. The lowest BCUT2D eigenvalue weighted by molar-refractivity contribution is -0.202. The second-order valence-electron chi connectivity index (χ2n) is 6.95. The van der Waals surface area contributed by atoms with Crippen molar-refractivity contribution >= 4 is 0 Å². The average molecular weight is 271 g/mol. The van der Waals surface area contributed by atoms with Gasteiger partial charge in [-0.1, -0.05) is 43.5 Å². The standard InChI is InChI=1S/C18H25NO/c1-4-10-17(11-5-1)13-19-14-18(20-17)12-6-8-15-7-2-3-9-16(15)18/h2-3,7,9,19H,1,4-6,8,10-14H2. The normalized spacial score (nSPS) is 32.2. The molecule has 1 aliphatic heterocycles. The fourth-order valence-corrected chi connectivity index (χ4v) is 4.63. The first-order chi connectivity index (χ1) is 9.82. The van der Waals surface area contributed by atoms with Gasteiger partial charge in [0.25, 0.3) is 0 Å². The number of nitrogens with one attached hydrogen (secondary N) is 1. The molecule has 0 aromatic heterocycles. The SMILES string of the molecule is c1ccc2c(c1)CCCC21CNCC2(CCCCC2)O1. The smallest absolute Gasteiger partial charge is 0.107 e. The van der Waals surface area contributed by atoms with Gasteiger partial charge >= 0.3 is 0 Å². The highest BCUT2D eigenvalue weighted by Crippen LogP contribution is 2.46. The summed E-state index contributed by atoms with van der Waals surface area (Å²) in [4.78, 5) is 0. The molecule has 0 bridgehead atoms. The van der Waals surface area contributed by atoms with Crippen molar-refractivity contribution in [3.63, 3.8) is 0 Å². The molecule has 1 aromatic carbocycles. The quantitative estimate of drug-likeness (QED) is 0.779. The van der Waals surface area contributed by atoms with Crippen LogP contribution in [0.3, 0.4) is 0 Å². The number of ether oxygens (including phenoxy) is 1. The van der Waals surface area contributed by atoms with Crippen molar-refractivity contribution in [3.8, 4) is 0 Å². The maximum Gasteiger partial charge on any atom is 0.107 e. The van der Waals surface area contributed by atoms with Gasteiger partial charge in [-0.25, -0.2) is 0 Å². The molecular weight excluding hydrogens is 246 g/mol. The van der Waals surface area contributed by atoms with E-state index in [-0.39, 0.29) is 11.2 Å². The zero-order valence-electron chi connectivity index (χ0n) is 12.3. The van der Waals surface area contributed by atoms with Gasteiger partial charge in [0, 0.05) is 13.1 Å². The Balaban J connectivity index is 1.70. The number of rotatable bonds is 0. The topological polar surface area (TPSA) is 21.3 Å². The van der Waals surface area contributed by atoms with E-state index in [2.05, 4.69) is 29.6 Å². The highest BCUT2D eigenvalue weighted by Gasteiger charge is 2.48. The zero-order valence-corrected chi connectivity index (χ0v) is 12.3. The van der Waals surface area contributed by atoms with E-state index in [0.29, 0.717) is 0 Å². The summed E-state index contributed by atoms with van der Waals surface area (Å²) in [5, 5.41) is 3.72. The van der Waals surface area contributed by atoms with Gasteiger partial charge in [0.2, 0.25) is 0 Å². The molecule has 2 heteroatoms. The van der Waals surface area contributed by atoms with Gasteiger partial charge in [0.15, 0.2) is 0 Å². The van der Waals surface area contributed by atoms with Crippen LogP contribution in [-0.4, -0.2) is 18.7 Å². The third-order valence-corrected chi connectivity index (χ3v) is 5.57. The Morgan fingerprint density at radius 2 is 1.75 bits per heavy atom. The first-order valence-electron chi connectivity index (χ1n) is 8.31. The molecule has 1 unspecified atom stereocenters. The van der Waals surface area contributed by atoms with Crippen LogP contribution < -0.4 is 5.32 Å². The van der Waals surface area contributed by atoms with Crippen LogP contribution in [0, 0.1) is 0 Å². The van der Waals surface area contributed by atoms with Crippen LogP contribution in [0.15, 0.2) is 24.3 Å². The van der Waals surface area contributed by atoms with Crippen molar-refractivity contribution < 1.29 is 4.74 Å². The van der Waals surface area contributed by atoms with Gasteiger partial charge in [-0.2, -0.15) is 0 Å². The van der Waals surface area contributed by atoms with E-state index in [1.54, 1.807) is 0 Å². The van der Waals surface area contributed by atoms with Gasteiger partial charge in [-0.3, -0.25) is 0 Å². The van der Waals surface area contributed by atoms with Crippen molar-refractivity contribution in [2.45, 2.75) is 62.6 Å². The number of hydrogen-bond acceptors (Lipinski definition) is 2. The molecule has 1 saturated carbocycles. The monoisotopic (exact) mass is 271 g/mol. The molecule has 2 fully saturated rings. The summed E-state index contributed by atoms with van der Waals surface area (Å²) < 4.78 is 6.91. The molecule has 0 radical (unpaired) electrons. The van der Waals surface area contributed by atoms with Crippen molar-refractivity contribution in [3.05, 3.63) is 35.4 Å². The molecule has 1 aromatic rings. The van der Waals surface area contributed by atoms with Gasteiger partial charge in [-0.15, -0.1) is 0 Å². The van der Waals surface area contributed by atoms with Gasteiger partial charge < -0.3 is 10.1 Å². The number of aryl methyl sites for hydroxylation is 1. The van der Waals surface area contributed by atoms with Crippen LogP contribution in [0.1, 0.15) is 56.1 Å². The Hall–Kier alpha value is -0.860. The van der Waals surface area contributed by atoms with E-state index in [4.69, 9.17) is 4.74 Å². The fourth-order valence-electron chi connectivity index (χ4n) is 4.63. The van der Waals surface area contributed by atoms with E-state index in [9.17, 15) is 0 Å². The van der Waals surface area contributed by atoms with Crippen molar-refractivity contribution in [2.75, 3.05) is 13.1 Å². The number of hydrogen-bond donors (Lipinski definition) is 1. The van der Waals surface area contributed by atoms with E-state index in [1.807, 2.05) is 0 Å². The lowest BCUT2D eigenvalue weighted by Crippen LogP contribution is -2.60. The van der Waals surface area contributed by atoms with E-state index in [1.165, 1.54) is 62.5 Å². The number of fused-ring (bicyclic) bond motifs is 2. The molecule has 2 aliphatic carbocycles. The third-order valence-electron chi connectivity index (χ3n) is 5.57. The lowest BCUT2D eigenvalue weighted by Gasteiger charge is -2.52. The molecule has 1 saturated heterocycles. The molecule has 20 heavy (non-hydrogen) atoms. The summed E-state index contributed by atoms with van der Waals surface area (Å²) in [6.07, 6.45) is 10.2. The zero-order chi connectivity index (χ0) is 13.5. The molecule has 4 rings (SSSR count). The lowest BCUT2D eigenvalue weighted by atomic mass is 9.75. The fraction of sp³-hybridized carbons (Fsp3) is 0.667. The van der Waals surface area contributed by atoms with Gasteiger partial charge in [-0.05, 0) is 43.2 Å². The Morgan fingerprint density at radius 1 is 0.900 bits per heavy atom. The predicted molar refractivity (Wildman–Crippen MR) is 80.8 cm³/mol. The highest BCUT2D eigenvalue weighted by atomic mass is 16.5. The Labute approximate surface area is 121 Å². The van der Waals surface area contributed by atoms with Crippen molar-refractivity contribution in [1.82, 2.24) is 5.32 Å². The maximum absolute atomic E-state index is 6.91. The summed E-state index contributed by atoms with van der Waals surface area (Å²) in [7, 11) is 0. The van der Waals surface area contributed by atoms with E-state index in [0.717, 1.165) is 13.1 Å². The first-order valence-corrected chi connectivity index (χ1v) is 8.31. The molecule has 1 heterocycles. The van der Waals surface area contributed by atoms with Crippen molar-refractivity contribution in [2.24, 2.45) is 0 Å². The minimum absolute atomic E-state index is 0.0512. The Bertz CT molecular complexity index is 486. The molecule has 3 aliphatic rings. The van der Waals surface area contributed by atoms with Crippen LogP contribution in [0.25, 0.3) is 0 Å². The molecule has 0 amide bonds. The summed E-state index contributed by atoms with van der Waals surface area (Å²) in [6, 6.07) is 8.95. The summed E-state index contributed by atoms with van der Waals surface area (Å²) in [5.74, 6) is 0. The van der Waals surface area contributed by atoms with Crippen LogP contribution in [0.2, 0.25) is 0 Å². The largest absolute Gasteiger partial charge is 0.361 e. The van der Waals surface area contributed by atoms with Crippen molar-refractivity contribution in [1.29, 1.82) is 0 Å². The average Bonchev–Trinajstić information content (AvgIpc) is 2.49. The van der Waals surface area contributed by atoms with Crippen LogP contribution in [-0.2, 0) is 16.8 Å². The minimum atomic E-state index is -0.0512. The molecule has 1 N–H and O–H groups in total. The van der Waals surface area contributed by atoms with E-state index >= 15 is 0 Å². The van der Waals surface area contributed by atoms with Crippen LogP contribution >= 0.6 is 0 Å². The second-order valence-corrected chi connectivity index (χ2v) is 6.95. The molecule has 2 spiro atoms.